The number of hydrogen-bond acceptors (Lipinski definition) is 5. The van der Waals surface area contributed by atoms with Crippen LogP contribution in [-0.2, 0) is 11.0 Å². The minimum absolute atomic E-state index is 0.0309. The SMILES string of the molecule is C[C@H](O[Si](C)(C)C(C)(C)C)[C@@H](O)/C=C/c1cccc([N+](=O)[O-])c1OCc1ccccc1. The summed E-state index contributed by atoms with van der Waals surface area (Å²) >= 11 is 0. The van der Waals surface area contributed by atoms with Crippen LogP contribution >= 0.6 is 0 Å². The van der Waals surface area contributed by atoms with E-state index in [9.17, 15) is 15.2 Å². The van der Waals surface area contributed by atoms with Gasteiger partial charge in [0.2, 0.25) is 5.75 Å². The summed E-state index contributed by atoms with van der Waals surface area (Å²) in [5, 5.41) is 22.2. The summed E-state index contributed by atoms with van der Waals surface area (Å²) in [5.74, 6) is 0.178. The van der Waals surface area contributed by atoms with Crippen LogP contribution in [0.1, 0.15) is 38.8 Å². The maximum Gasteiger partial charge on any atom is 0.311 e. The summed E-state index contributed by atoms with van der Waals surface area (Å²) in [4.78, 5) is 11.1. The van der Waals surface area contributed by atoms with E-state index in [-0.39, 0.29) is 23.1 Å². The first-order valence-electron chi connectivity index (χ1n) is 10.4. The third-order valence-electron chi connectivity index (χ3n) is 5.69. The molecule has 31 heavy (non-hydrogen) atoms. The van der Waals surface area contributed by atoms with Crippen LogP contribution in [0.4, 0.5) is 5.69 Å². The Morgan fingerprint density at radius 1 is 1.13 bits per heavy atom. The first kappa shape index (κ1) is 24.8. The average molecular weight is 444 g/mol. The van der Waals surface area contributed by atoms with Gasteiger partial charge in [0.25, 0.3) is 0 Å². The maximum atomic E-state index is 11.5. The van der Waals surface area contributed by atoms with Crippen LogP contribution in [0.2, 0.25) is 18.1 Å². The number of hydrogen-bond donors (Lipinski definition) is 1. The molecule has 0 radical (unpaired) electrons. The quantitative estimate of drug-likeness (QED) is 0.294. The fourth-order valence-corrected chi connectivity index (χ4v) is 4.20. The predicted octanol–water partition coefficient (Wildman–Crippen LogP) is 5.96. The maximum absolute atomic E-state index is 11.5. The zero-order valence-corrected chi connectivity index (χ0v) is 20.2. The van der Waals surface area contributed by atoms with Gasteiger partial charge in [-0.05, 0) is 30.6 Å². The molecule has 0 amide bonds. The highest BCUT2D eigenvalue weighted by atomic mass is 28.4. The van der Waals surface area contributed by atoms with E-state index in [2.05, 4.69) is 33.9 Å². The number of aliphatic hydroxyl groups excluding tert-OH is 1. The first-order chi connectivity index (χ1) is 14.4. The van der Waals surface area contributed by atoms with Crippen LogP contribution in [0.25, 0.3) is 6.08 Å². The van der Waals surface area contributed by atoms with E-state index in [1.165, 1.54) is 6.07 Å². The van der Waals surface area contributed by atoms with Crippen molar-refractivity contribution in [2.75, 3.05) is 0 Å². The Balaban J connectivity index is 2.22. The van der Waals surface area contributed by atoms with Gasteiger partial charge in [-0.3, -0.25) is 10.1 Å². The van der Waals surface area contributed by atoms with Gasteiger partial charge >= 0.3 is 5.69 Å². The zero-order chi connectivity index (χ0) is 23.2. The fraction of sp³-hybridized carbons (Fsp3) is 0.417. The summed E-state index contributed by atoms with van der Waals surface area (Å²) in [7, 11) is -2.03. The molecule has 1 N–H and O–H groups in total. The van der Waals surface area contributed by atoms with Gasteiger partial charge < -0.3 is 14.3 Å². The minimum atomic E-state index is -2.03. The molecule has 2 rings (SSSR count). The highest BCUT2D eigenvalue weighted by Crippen LogP contribution is 2.38. The minimum Gasteiger partial charge on any atom is -0.482 e. The van der Waals surface area contributed by atoms with E-state index in [1.807, 2.05) is 37.3 Å². The van der Waals surface area contributed by atoms with Crippen molar-refractivity contribution < 1.29 is 19.2 Å². The molecule has 0 fully saturated rings. The predicted molar refractivity (Wildman–Crippen MR) is 127 cm³/mol. The number of nitro groups is 1. The van der Waals surface area contributed by atoms with Gasteiger partial charge in [0.15, 0.2) is 8.32 Å². The molecule has 6 nitrogen and oxygen atoms in total. The summed E-state index contributed by atoms with van der Waals surface area (Å²) < 4.78 is 12.1. The van der Waals surface area contributed by atoms with Crippen LogP contribution in [0.5, 0.6) is 5.75 Å². The molecule has 168 valence electrons. The van der Waals surface area contributed by atoms with E-state index in [0.29, 0.717) is 5.56 Å². The lowest BCUT2D eigenvalue weighted by Gasteiger charge is -2.39. The van der Waals surface area contributed by atoms with Gasteiger partial charge in [0.05, 0.1) is 17.1 Å². The second-order valence-electron chi connectivity index (χ2n) is 9.16. The topological polar surface area (TPSA) is 81.8 Å². The molecule has 2 atom stereocenters. The standard InChI is InChI=1S/C24H33NO5Si/c1-18(30-31(5,6)24(2,3)4)22(26)16-15-20-13-10-14-21(25(27)28)23(20)29-17-19-11-8-7-9-12-19/h7-16,18,22,26H,17H2,1-6H3/b16-15+/t18-,22-/m0/s1. The van der Waals surface area contributed by atoms with Crippen molar-refractivity contribution >= 4 is 20.1 Å². The summed E-state index contributed by atoms with van der Waals surface area (Å²) in [5.41, 5.74) is 1.33. The molecule has 0 aliphatic carbocycles. The summed E-state index contributed by atoms with van der Waals surface area (Å²) in [6.45, 7) is 12.8. The van der Waals surface area contributed by atoms with Gasteiger partial charge in [0, 0.05) is 11.6 Å². The highest BCUT2D eigenvalue weighted by molar-refractivity contribution is 6.74. The Morgan fingerprint density at radius 3 is 2.35 bits per heavy atom. The third-order valence-corrected chi connectivity index (χ3v) is 10.3. The van der Waals surface area contributed by atoms with Gasteiger partial charge in [-0.25, -0.2) is 0 Å². The number of nitrogens with zero attached hydrogens (tertiary/aromatic N) is 1. The molecular formula is C24H33NO5Si. The molecule has 2 aromatic rings. The number of ether oxygens (including phenoxy) is 1. The number of benzene rings is 2. The van der Waals surface area contributed by atoms with E-state index in [4.69, 9.17) is 9.16 Å². The number of nitro benzene ring substituents is 1. The smallest absolute Gasteiger partial charge is 0.311 e. The Kier molecular flexibility index (Phi) is 8.17. The van der Waals surface area contributed by atoms with Gasteiger partial charge in [0.1, 0.15) is 6.61 Å². The van der Waals surface area contributed by atoms with Crippen molar-refractivity contribution in [3.8, 4) is 5.75 Å². The molecule has 0 heterocycles. The van der Waals surface area contributed by atoms with Gasteiger partial charge in [-0.1, -0.05) is 75.4 Å². The number of aliphatic hydroxyl groups is 1. The highest BCUT2D eigenvalue weighted by Gasteiger charge is 2.39. The second-order valence-corrected chi connectivity index (χ2v) is 13.9. The molecule has 2 aromatic carbocycles. The Hall–Kier alpha value is -2.48. The summed E-state index contributed by atoms with van der Waals surface area (Å²) in [6, 6.07) is 14.2. The van der Waals surface area contributed by atoms with Crippen LogP contribution < -0.4 is 4.74 Å². The van der Waals surface area contributed by atoms with Crippen LogP contribution in [-0.4, -0.2) is 30.6 Å². The van der Waals surface area contributed by atoms with Crippen molar-refractivity contribution in [1.29, 1.82) is 0 Å². The van der Waals surface area contributed by atoms with Crippen LogP contribution in [0.15, 0.2) is 54.6 Å². The molecule has 0 aliphatic rings. The van der Waals surface area contributed by atoms with Crippen molar-refractivity contribution in [1.82, 2.24) is 0 Å². The van der Waals surface area contributed by atoms with E-state index in [0.717, 1.165) is 5.56 Å². The molecule has 0 saturated heterocycles. The molecule has 0 spiro atoms. The Morgan fingerprint density at radius 2 is 1.77 bits per heavy atom. The van der Waals surface area contributed by atoms with Crippen LogP contribution in [0, 0.1) is 10.1 Å². The monoisotopic (exact) mass is 443 g/mol. The van der Waals surface area contributed by atoms with Crippen molar-refractivity contribution in [3.05, 3.63) is 75.8 Å². The number of rotatable bonds is 9. The second kappa shape index (κ2) is 10.2. The molecular weight excluding hydrogens is 410 g/mol. The Bertz CT molecular complexity index is 906. The first-order valence-corrected chi connectivity index (χ1v) is 13.3. The Labute approximate surface area is 185 Å². The lowest BCUT2D eigenvalue weighted by atomic mass is 10.1. The van der Waals surface area contributed by atoms with Crippen LogP contribution in [0.3, 0.4) is 0 Å². The average Bonchev–Trinajstić information content (AvgIpc) is 2.70. The van der Waals surface area contributed by atoms with E-state index >= 15 is 0 Å². The van der Waals surface area contributed by atoms with Gasteiger partial charge in [-0.2, -0.15) is 0 Å². The van der Waals surface area contributed by atoms with Crippen molar-refractivity contribution in [3.63, 3.8) is 0 Å². The third kappa shape index (κ3) is 6.75. The molecule has 0 aliphatic heterocycles. The largest absolute Gasteiger partial charge is 0.482 e. The fourth-order valence-electron chi connectivity index (χ4n) is 2.77. The lowest BCUT2D eigenvalue weighted by Crippen LogP contribution is -2.45. The van der Waals surface area contributed by atoms with E-state index in [1.54, 1.807) is 24.3 Å². The summed E-state index contributed by atoms with van der Waals surface area (Å²) in [6.07, 6.45) is 2.01. The molecule has 0 bridgehead atoms. The van der Waals surface area contributed by atoms with Crippen molar-refractivity contribution in [2.24, 2.45) is 0 Å². The molecule has 7 heteroatoms. The normalized spacial score (nSPS) is 14.4. The molecule has 0 aromatic heterocycles. The zero-order valence-electron chi connectivity index (χ0n) is 19.2. The van der Waals surface area contributed by atoms with Gasteiger partial charge in [-0.15, -0.1) is 0 Å². The van der Waals surface area contributed by atoms with Crippen molar-refractivity contribution in [2.45, 2.75) is 64.6 Å². The number of para-hydroxylation sites is 1. The molecule has 0 unspecified atom stereocenters. The van der Waals surface area contributed by atoms with E-state index < -0.39 is 25.4 Å². The molecule has 0 saturated carbocycles. The lowest BCUT2D eigenvalue weighted by molar-refractivity contribution is -0.386.